The summed E-state index contributed by atoms with van der Waals surface area (Å²) in [7, 11) is 0. The number of carbonyl (C=O) groups is 10. The molecule has 0 unspecified atom stereocenters. The average molecular weight is 2070 g/mol. The molecule has 0 aromatic heterocycles. The van der Waals surface area contributed by atoms with Crippen LogP contribution in [0.2, 0.25) is 0 Å². The summed E-state index contributed by atoms with van der Waals surface area (Å²) in [5.41, 5.74) is 13.9. The van der Waals surface area contributed by atoms with Crippen LogP contribution in [0.4, 0.5) is 22.7 Å². The highest BCUT2D eigenvalue weighted by atomic mass is 79.9. The lowest BCUT2D eigenvalue weighted by Crippen LogP contribution is -2.45. The van der Waals surface area contributed by atoms with Crippen LogP contribution in [0.15, 0.2) is 133 Å². The van der Waals surface area contributed by atoms with Gasteiger partial charge in [0.2, 0.25) is 0 Å². The summed E-state index contributed by atoms with van der Waals surface area (Å²) in [6, 6.07) is 30.7. The molecule has 0 saturated carbocycles. The van der Waals surface area contributed by atoms with Gasteiger partial charge in [-0.1, -0.05) is 184 Å². The van der Waals surface area contributed by atoms with Crippen LogP contribution in [0.25, 0.3) is 32.3 Å². The first-order chi connectivity index (χ1) is 54.6. The number of para-hydroxylation sites is 4. The number of halogens is 8. The summed E-state index contributed by atoms with van der Waals surface area (Å²) in [6.07, 6.45) is 0. The average Bonchev–Trinajstić information content (AvgIpc) is 0.696. The van der Waals surface area contributed by atoms with Crippen molar-refractivity contribution >= 4 is 253 Å². The molecular formula is C90H76Br8N8O10. The Labute approximate surface area is 737 Å². The van der Waals surface area contributed by atoms with Crippen LogP contribution in [-0.4, -0.2) is 70.7 Å². The standard InChI is InChI=1S/2C38H37Br2N3O3.C14H2Br4N2O4/c1-17(2)21-11-9-12-22(18(3)4)33(21)42-35(41)25-15-27(39)32-30-26(16-28(40)31(29(25)30)37(42)45)36(44)43(38(32)46)34-23(19(5)6)13-10-14-24(34)20(7)8;1-17(2)21-11-9-12-22(18(3)4)33(21)42-35(41)30-27(39)15-25-29-26(16-28(40)31(32(29)30)38(42)46)37(45)43(36(25)44)34-23(19(5)6)13-10-14-24(34)20(7)8;15-7-3-1-2-5(9(7)17)13(23)20-14(24)6(2)10(18)8(16)4(1)12(22)19-11(3)21/h2*9-20,41H,1-8H3;(H,19,21,22)(H,20,23,24). The van der Waals surface area contributed by atoms with Crippen molar-refractivity contribution in [2.24, 2.45) is 0 Å². The van der Waals surface area contributed by atoms with Gasteiger partial charge in [-0.2, -0.15) is 0 Å². The minimum absolute atomic E-state index is 0.00421. The molecule has 6 aliphatic rings. The van der Waals surface area contributed by atoms with E-state index in [0.717, 1.165) is 50.2 Å². The lowest BCUT2D eigenvalue weighted by atomic mass is 9.83. The summed E-state index contributed by atoms with van der Waals surface area (Å²) in [6.45, 7) is 33.1. The number of hydrogen-bond donors (Lipinski definition) is 4. The van der Waals surface area contributed by atoms with E-state index in [1.54, 1.807) is 24.3 Å². The molecule has 10 amide bonds. The number of amides is 10. The van der Waals surface area contributed by atoms with Crippen molar-refractivity contribution in [1.82, 2.24) is 10.6 Å². The Morgan fingerprint density at radius 3 is 0.741 bits per heavy atom. The molecule has 0 fully saturated rings. The SMILES string of the molecule is CC(C)c1cccc(C(C)C)c1N1C(=N)c2cc(Br)c3c4c(cc(Br)c(c24)C1=O)C(=O)N(c1c(C(C)C)cccc1C(C)C)C3=O.CC(C)c1cccc(C(C)C)c1N1C(=O)c2cc(Br)c3c4c(c(Br)cc(c24)C1=O)C(=O)N(c1c(C(C)C)cccc1C(C)C)C3=N.O=C1NC(=O)c2c(Br)c(Br)c3c4c(c(Br)c(Br)c1c24)C(=O)NC3=O. The third-order valence-corrected chi connectivity index (χ3v) is 29.0. The molecule has 6 aliphatic heterocycles. The molecule has 26 heteroatoms. The Bertz CT molecular complexity index is 5810. The van der Waals surface area contributed by atoms with Crippen molar-refractivity contribution in [3.8, 4) is 0 Å². The van der Waals surface area contributed by atoms with E-state index in [-0.39, 0.29) is 104 Å². The number of hydrogen-bond acceptors (Lipinski definition) is 12. The molecule has 10 aromatic rings. The first kappa shape index (κ1) is 84.1. The van der Waals surface area contributed by atoms with Crippen LogP contribution in [0, 0.1) is 10.8 Å². The van der Waals surface area contributed by atoms with Gasteiger partial charge >= 0.3 is 0 Å². The highest BCUT2D eigenvalue weighted by Gasteiger charge is 2.48. The van der Waals surface area contributed by atoms with E-state index in [1.165, 1.54) is 19.6 Å². The second kappa shape index (κ2) is 31.1. The second-order valence-corrected chi connectivity index (χ2v) is 38.5. The van der Waals surface area contributed by atoms with E-state index in [4.69, 9.17) is 0 Å². The van der Waals surface area contributed by atoms with E-state index >= 15 is 0 Å². The van der Waals surface area contributed by atoms with Gasteiger partial charge in [0.15, 0.2) is 0 Å². The Hall–Kier alpha value is -8.34. The number of nitrogens with zero attached hydrogens (tertiary/aromatic N) is 4. The molecule has 0 atom stereocenters. The Morgan fingerprint density at radius 1 is 0.250 bits per heavy atom. The molecule has 0 radical (unpaired) electrons. The van der Waals surface area contributed by atoms with Crippen LogP contribution in [-0.2, 0) is 0 Å². The van der Waals surface area contributed by atoms with Crippen LogP contribution in [0.5, 0.6) is 0 Å². The number of rotatable bonds is 12. The maximum atomic E-state index is 14.7. The van der Waals surface area contributed by atoms with Crippen molar-refractivity contribution in [2.45, 2.75) is 158 Å². The predicted molar refractivity (Wildman–Crippen MR) is 485 cm³/mol. The summed E-state index contributed by atoms with van der Waals surface area (Å²) in [5.74, 6) is -4.26. The van der Waals surface area contributed by atoms with Crippen LogP contribution < -0.4 is 30.2 Å². The van der Waals surface area contributed by atoms with E-state index < -0.39 is 47.3 Å². The molecule has 10 aromatic carbocycles. The zero-order valence-corrected chi connectivity index (χ0v) is 78.4. The van der Waals surface area contributed by atoms with Gasteiger partial charge in [0, 0.05) is 79.2 Å². The van der Waals surface area contributed by atoms with Gasteiger partial charge in [-0.25, -0.2) is 9.80 Å². The van der Waals surface area contributed by atoms with Crippen molar-refractivity contribution < 1.29 is 47.9 Å². The fourth-order valence-electron chi connectivity index (χ4n) is 16.9. The molecule has 0 spiro atoms. The normalized spacial score (nSPS) is 14.9. The van der Waals surface area contributed by atoms with Crippen molar-refractivity contribution in [3.05, 3.63) is 244 Å². The fourth-order valence-corrected chi connectivity index (χ4v) is 21.6. The molecule has 4 N–H and O–H groups in total. The number of nitrogens with one attached hydrogen (secondary N) is 4. The molecule has 16 rings (SSSR count). The smallest absolute Gasteiger partial charge is 0.267 e. The van der Waals surface area contributed by atoms with Gasteiger partial charge in [0.25, 0.3) is 59.1 Å². The number of carbonyl (C=O) groups excluding carboxylic acids is 10. The molecule has 0 bridgehead atoms. The van der Waals surface area contributed by atoms with Gasteiger partial charge < -0.3 is 0 Å². The largest absolute Gasteiger partial charge is 0.288 e. The Balaban J connectivity index is 0.000000151. The van der Waals surface area contributed by atoms with Crippen LogP contribution in [0.1, 0.15) is 317 Å². The lowest BCUT2D eigenvalue weighted by molar-refractivity contribution is 0.0821. The molecule has 6 heterocycles. The number of anilines is 4. The van der Waals surface area contributed by atoms with E-state index in [0.29, 0.717) is 119 Å². The highest BCUT2D eigenvalue weighted by molar-refractivity contribution is 9.13. The molecular weight excluding hydrogens is 1990 g/mol. The van der Waals surface area contributed by atoms with Gasteiger partial charge in [-0.3, -0.25) is 79.2 Å². The minimum Gasteiger partial charge on any atom is -0.288 e. The number of amidine groups is 2. The van der Waals surface area contributed by atoms with E-state index in [1.807, 2.05) is 72.8 Å². The van der Waals surface area contributed by atoms with E-state index in [2.05, 4.69) is 249 Å². The molecule has 18 nitrogen and oxygen atoms in total. The first-order valence-corrected chi connectivity index (χ1v) is 44.2. The Morgan fingerprint density at radius 2 is 0.457 bits per heavy atom. The monoisotopic (exact) mass is 2060 g/mol. The predicted octanol–water partition coefficient (Wildman–Crippen LogP) is 24.9. The zero-order valence-electron chi connectivity index (χ0n) is 65.8. The van der Waals surface area contributed by atoms with Gasteiger partial charge in [0.05, 0.1) is 78.4 Å². The number of benzene rings is 10. The first-order valence-electron chi connectivity index (χ1n) is 37.8. The third kappa shape index (κ3) is 12.9. The molecule has 0 aliphatic carbocycles. The highest BCUT2D eigenvalue weighted by Crippen LogP contribution is 2.54. The fraction of sp³-hybridized carbons (Fsp3) is 0.267. The Kier molecular flexibility index (Phi) is 22.6. The zero-order chi connectivity index (χ0) is 84.5. The third-order valence-electron chi connectivity index (χ3n) is 22.2. The molecule has 592 valence electrons. The quantitative estimate of drug-likeness (QED) is 0.0841. The molecule has 116 heavy (non-hydrogen) atoms. The summed E-state index contributed by atoms with van der Waals surface area (Å²) in [5, 5.41) is 25.8. The topological polar surface area (TPSA) is 255 Å². The van der Waals surface area contributed by atoms with Gasteiger partial charge in [-0.05, 0) is 244 Å². The second-order valence-electron chi connectivity index (χ2n) is 31.9. The summed E-state index contributed by atoms with van der Waals surface area (Å²) in [4.78, 5) is 143. The number of imide groups is 4. The lowest BCUT2D eigenvalue weighted by Gasteiger charge is -2.37. The van der Waals surface area contributed by atoms with Crippen LogP contribution >= 0.6 is 127 Å². The van der Waals surface area contributed by atoms with Crippen LogP contribution in [0.3, 0.4) is 0 Å². The van der Waals surface area contributed by atoms with Crippen molar-refractivity contribution in [2.75, 3.05) is 19.6 Å². The maximum absolute atomic E-state index is 14.7. The maximum Gasteiger partial charge on any atom is 0.267 e. The van der Waals surface area contributed by atoms with E-state index in [9.17, 15) is 58.8 Å². The summed E-state index contributed by atoms with van der Waals surface area (Å²) < 4.78 is 3.22. The van der Waals surface area contributed by atoms with Gasteiger partial charge in [0.1, 0.15) is 11.7 Å². The van der Waals surface area contributed by atoms with Crippen molar-refractivity contribution in [3.63, 3.8) is 0 Å². The minimum atomic E-state index is -0.606. The van der Waals surface area contributed by atoms with Gasteiger partial charge in [-0.15, -0.1) is 0 Å². The van der Waals surface area contributed by atoms with Crippen molar-refractivity contribution in [1.29, 1.82) is 10.8 Å². The summed E-state index contributed by atoms with van der Waals surface area (Å²) >= 11 is 28.0. The molecule has 0 saturated heterocycles.